The molecule has 1 heterocycles. The Bertz CT molecular complexity index is 409. The first-order valence-corrected chi connectivity index (χ1v) is 5.53. The molecule has 0 saturated heterocycles. The van der Waals surface area contributed by atoms with Crippen LogP contribution in [0.3, 0.4) is 0 Å². The van der Waals surface area contributed by atoms with Crippen LogP contribution in [-0.4, -0.2) is 26.0 Å². The van der Waals surface area contributed by atoms with E-state index in [1.807, 2.05) is 18.2 Å². The lowest BCUT2D eigenvalue weighted by Gasteiger charge is -2.20. The quantitative estimate of drug-likeness (QED) is 0.779. The third-order valence-corrected chi connectivity index (χ3v) is 2.84. The van der Waals surface area contributed by atoms with Crippen molar-refractivity contribution >= 4 is 11.5 Å². The SMILES string of the molecule is CNC(=O)C1=C(c2ccccc2)CCNC1. The Balaban J connectivity index is 2.41. The van der Waals surface area contributed by atoms with E-state index in [4.69, 9.17) is 0 Å². The highest BCUT2D eigenvalue weighted by molar-refractivity contribution is 6.01. The van der Waals surface area contributed by atoms with Gasteiger partial charge in [-0.15, -0.1) is 0 Å². The van der Waals surface area contributed by atoms with E-state index in [9.17, 15) is 4.79 Å². The molecule has 0 fully saturated rings. The van der Waals surface area contributed by atoms with Crippen molar-refractivity contribution in [1.29, 1.82) is 0 Å². The van der Waals surface area contributed by atoms with Crippen molar-refractivity contribution in [3.8, 4) is 0 Å². The fourth-order valence-corrected chi connectivity index (χ4v) is 2.01. The molecule has 0 aromatic heterocycles. The molecule has 0 unspecified atom stereocenters. The first-order valence-electron chi connectivity index (χ1n) is 5.53. The van der Waals surface area contributed by atoms with Crippen molar-refractivity contribution in [2.24, 2.45) is 0 Å². The van der Waals surface area contributed by atoms with Crippen LogP contribution in [0.4, 0.5) is 0 Å². The maximum absolute atomic E-state index is 11.7. The molecule has 1 aromatic carbocycles. The van der Waals surface area contributed by atoms with Gasteiger partial charge in [0.1, 0.15) is 0 Å². The van der Waals surface area contributed by atoms with E-state index in [-0.39, 0.29) is 5.91 Å². The number of nitrogens with one attached hydrogen (secondary N) is 2. The van der Waals surface area contributed by atoms with E-state index in [1.54, 1.807) is 7.05 Å². The Labute approximate surface area is 95.6 Å². The van der Waals surface area contributed by atoms with Gasteiger partial charge in [-0.1, -0.05) is 30.3 Å². The van der Waals surface area contributed by atoms with E-state index in [1.165, 1.54) is 5.57 Å². The standard InChI is InChI=1S/C13H16N2O/c1-14-13(16)12-9-15-8-7-11(12)10-5-3-2-4-6-10/h2-6,15H,7-9H2,1H3,(H,14,16). The minimum atomic E-state index is 0.0195. The molecule has 84 valence electrons. The van der Waals surface area contributed by atoms with Gasteiger partial charge in [-0.05, 0) is 24.1 Å². The zero-order chi connectivity index (χ0) is 11.4. The summed E-state index contributed by atoms with van der Waals surface area (Å²) < 4.78 is 0. The smallest absolute Gasteiger partial charge is 0.248 e. The fourth-order valence-electron chi connectivity index (χ4n) is 2.01. The molecule has 0 radical (unpaired) electrons. The monoisotopic (exact) mass is 216 g/mol. The lowest BCUT2D eigenvalue weighted by atomic mass is 9.94. The molecule has 2 rings (SSSR count). The van der Waals surface area contributed by atoms with Crippen molar-refractivity contribution in [1.82, 2.24) is 10.6 Å². The van der Waals surface area contributed by atoms with Crippen LogP contribution in [0.15, 0.2) is 35.9 Å². The Morgan fingerprint density at radius 1 is 1.31 bits per heavy atom. The molecule has 1 aromatic rings. The summed E-state index contributed by atoms with van der Waals surface area (Å²) in [6, 6.07) is 10.1. The van der Waals surface area contributed by atoms with Crippen LogP contribution in [0.25, 0.3) is 5.57 Å². The molecular weight excluding hydrogens is 200 g/mol. The molecule has 0 atom stereocenters. The van der Waals surface area contributed by atoms with Gasteiger partial charge < -0.3 is 10.6 Å². The van der Waals surface area contributed by atoms with Crippen LogP contribution >= 0.6 is 0 Å². The maximum Gasteiger partial charge on any atom is 0.248 e. The molecule has 0 saturated carbocycles. The molecule has 0 spiro atoms. The first-order chi connectivity index (χ1) is 7.83. The third-order valence-electron chi connectivity index (χ3n) is 2.84. The predicted molar refractivity (Wildman–Crippen MR) is 64.9 cm³/mol. The molecule has 3 nitrogen and oxygen atoms in total. The van der Waals surface area contributed by atoms with Gasteiger partial charge in [0, 0.05) is 19.2 Å². The highest BCUT2D eigenvalue weighted by Gasteiger charge is 2.18. The average molecular weight is 216 g/mol. The minimum absolute atomic E-state index is 0.0195. The summed E-state index contributed by atoms with van der Waals surface area (Å²) in [6.45, 7) is 1.59. The number of amides is 1. The number of rotatable bonds is 2. The number of carbonyl (C=O) groups is 1. The highest BCUT2D eigenvalue weighted by Crippen LogP contribution is 2.24. The fraction of sp³-hybridized carbons (Fsp3) is 0.308. The summed E-state index contributed by atoms with van der Waals surface area (Å²) in [5.74, 6) is 0.0195. The van der Waals surface area contributed by atoms with Gasteiger partial charge in [-0.3, -0.25) is 4.79 Å². The van der Waals surface area contributed by atoms with Gasteiger partial charge in [0.05, 0.1) is 0 Å². The number of carbonyl (C=O) groups excluding carboxylic acids is 1. The van der Waals surface area contributed by atoms with Gasteiger partial charge in [0.2, 0.25) is 5.91 Å². The number of likely N-dealkylation sites (N-methyl/N-ethyl adjacent to an activating group) is 1. The van der Waals surface area contributed by atoms with E-state index < -0.39 is 0 Å². The molecular formula is C13H16N2O. The molecule has 0 aliphatic carbocycles. The molecule has 1 aliphatic rings. The molecule has 16 heavy (non-hydrogen) atoms. The van der Waals surface area contributed by atoms with Crippen molar-refractivity contribution in [2.45, 2.75) is 6.42 Å². The van der Waals surface area contributed by atoms with Crippen LogP contribution in [0.2, 0.25) is 0 Å². The highest BCUT2D eigenvalue weighted by atomic mass is 16.1. The Kier molecular flexibility index (Phi) is 3.37. The van der Waals surface area contributed by atoms with Crippen LogP contribution in [0.1, 0.15) is 12.0 Å². The van der Waals surface area contributed by atoms with Gasteiger partial charge in [-0.2, -0.15) is 0 Å². The van der Waals surface area contributed by atoms with E-state index in [2.05, 4.69) is 22.8 Å². The van der Waals surface area contributed by atoms with Crippen molar-refractivity contribution < 1.29 is 4.79 Å². The van der Waals surface area contributed by atoms with Crippen molar-refractivity contribution in [3.05, 3.63) is 41.5 Å². The molecule has 3 heteroatoms. The van der Waals surface area contributed by atoms with E-state index >= 15 is 0 Å². The van der Waals surface area contributed by atoms with Gasteiger partial charge in [0.25, 0.3) is 0 Å². The molecule has 1 aliphatic heterocycles. The van der Waals surface area contributed by atoms with Gasteiger partial charge in [0.15, 0.2) is 0 Å². The lowest BCUT2D eigenvalue weighted by molar-refractivity contribution is -0.117. The summed E-state index contributed by atoms with van der Waals surface area (Å²) in [5, 5.41) is 5.93. The summed E-state index contributed by atoms with van der Waals surface area (Å²) in [6.07, 6.45) is 0.909. The second-order valence-electron chi connectivity index (χ2n) is 3.83. The third kappa shape index (κ3) is 2.14. The summed E-state index contributed by atoms with van der Waals surface area (Å²) in [4.78, 5) is 11.7. The van der Waals surface area contributed by atoms with Crippen LogP contribution in [0.5, 0.6) is 0 Å². The van der Waals surface area contributed by atoms with Crippen LogP contribution in [-0.2, 0) is 4.79 Å². The van der Waals surface area contributed by atoms with E-state index in [0.717, 1.165) is 24.1 Å². The molecule has 2 N–H and O–H groups in total. The summed E-state index contributed by atoms with van der Waals surface area (Å²) in [5.41, 5.74) is 3.18. The number of hydrogen-bond acceptors (Lipinski definition) is 2. The van der Waals surface area contributed by atoms with Gasteiger partial charge in [-0.25, -0.2) is 0 Å². The Morgan fingerprint density at radius 3 is 2.75 bits per heavy atom. The predicted octanol–water partition coefficient (Wildman–Crippen LogP) is 1.18. The topological polar surface area (TPSA) is 41.1 Å². The zero-order valence-corrected chi connectivity index (χ0v) is 9.42. The normalized spacial score (nSPS) is 16.1. The van der Waals surface area contributed by atoms with Crippen molar-refractivity contribution in [2.75, 3.05) is 20.1 Å². The van der Waals surface area contributed by atoms with Crippen LogP contribution in [0, 0.1) is 0 Å². The summed E-state index contributed by atoms with van der Waals surface area (Å²) >= 11 is 0. The second kappa shape index (κ2) is 4.94. The Morgan fingerprint density at radius 2 is 2.06 bits per heavy atom. The molecule has 1 amide bonds. The second-order valence-corrected chi connectivity index (χ2v) is 3.83. The van der Waals surface area contributed by atoms with E-state index in [0.29, 0.717) is 6.54 Å². The minimum Gasteiger partial charge on any atom is -0.355 e. The zero-order valence-electron chi connectivity index (χ0n) is 9.42. The number of hydrogen-bond donors (Lipinski definition) is 2. The largest absolute Gasteiger partial charge is 0.355 e. The van der Waals surface area contributed by atoms with Gasteiger partial charge >= 0.3 is 0 Å². The maximum atomic E-state index is 11.7. The Hall–Kier alpha value is -1.61. The summed E-state index contributed by atoms with van der Waals surface area (Å²) in [7, 11) is 1.67. The first kappa shape index (κ1) is 10.9. The molecule has 0 bridgehead atoms. The lowest BCUT2D eigenvalue weighted by Crippen LogP contribution is -2.33. The number of benzene rings is 1. The average Bonchev–Trinajstić information content (AvgIpc) is 2.39. The van der Waals surface area contributed by atoms with Crippen LogP contribution < -0.4 is 10.6 Å². The van der Waals surface area contributed by atoms with Crippen molar-refractivity contribution in [3.63, 3.8) is 0 Å².